The molecule has 80 valence electrons. The molecular formula is C12H16NS2+. The molecule has 0 N–H and O–H groups in total. The summed E-state index contributed by atoms with van der Waals surface area (Å²) in [6.07, 6.45) is 2.41. The molecule has 3 heteroatoms. The van der Waals surface area contributed by atoms with E-state index in [4.69, 9.17) is 0 Å². The molecule has 0 atom stereocenters. The summed E-state index contributed by atoms with van der Waals surface area (Å²) in [5.41, 5.74) is 1.37. The molecule has 0 saturated heterocycles. The number of thiazole rings is 1. The van der Waals surface area contributed by atoms with Gasteiger partial charge in [0.25, 0.3) is 0 Å². The molecule has 1 aromatic heterocycles. The maximum Gasteiger partial charge on any atom is 0.235 e. The van der Waals surface area contributed by atoms with Gasteiger partial charge in [0.2, 0.25) is 10.5 Å². The van der Waals surface area contributed by atoms with Gasteiger partial charge in [-0.15, -0.1) is 0 Å². The lowest BCUT2D eigenvalue weighted by molar-refractivity contribution is -0.673. The third kappa shape index (κ3) is 2.34. The molecule has 1 heterocycles. The second-order valence-corrected chi connectivity index (χ2v) is 5.35. The first kappa shape index (κ1) is 11.0. The zero-order valence-electron chi connectivity index (χ0n) is 8.94. The van der Waals surface area contributed by atoms with Crippen LogP contribution in [-0.4, -0.2) is 5.75 Å². The highest BCUT2D eigenvalue weighted by Gasteiger charge is 2.15. The van der Waals surface area contributed by atoms with E-state index in [2.05, 4.69) is 48.4 Å². The predicted molar refractivity (Wildman–Crippen MR) is 69.8 cm³/mol. The minimum atomic E-state index is 0.988. The van der Waals surface area contributed by atoms with E-state index in [-0.39, 0.29) is 0 Å². The SMILES string of the molecule is Cc1sc2ccccc2[n+]1CCCCS. The van der Waals surface area contributed by atoms with E-state index in [1.807, 2.05) is 11.3 Å². The van der Waals surface area contributed by atoms with Crippen molar-refractivity contribution in [2.75, 3.05) is 5.75 Å². The number of unbranched alkanes of at least 4 members (excludes halogenated alkanes) is 1. The van der Waals surface area contributed by atoms with Crippen LogP contribution in [0, 0.1) is 6.92 Å². The predicted octanol–water partition coefficient (Wildman–Crippen LogP) is 3.21. The molecule has 1 nitrogen and oxygen atoms in total. The number of hydrogen-bond acceptors (Lipinski definition) is 2. The number of thiol groups is 1. The fourth-order valence-electron chi connectivity index (χ4n) is 1.81. The lowest BCUT2D eigenvalue weighted by Gasteiger charge is -1.95. The first-order valence-corrected chi connectivity index (χ1v) is 6.76. The summed E-state index contributed by atoms with van der Waals surface area (Å²) in [5, 5.41) is 1.40. The number of para-hydroxylation sites is 1. The van der Waals surface area contributed by atoms with Gasteiger partial charge in [0.1, 0.15) is 11.2 Å². The summed E-state index contributed by atoms with van der Waals surface area (Å²) in [6, 6.07) is 8.63. The van der Waals surface area contributed by atoms with Crippen LogP contribution in [0.1, 0.15) is 17.8 Å². The van der Waals surface area contributed by atoms with Gasteiger partial charge >= 0.3 is 0 Å². The lowest BCUT2D eigenvalue weighted by atomic mass is 10.3. The Morgan fingerprint density at radius 3 is 2.87 bits per heavy atom. The molecule has 0 aliphatic heterocycles. The Balaban J connectivity index is 2.28. The van der Waals surface area contributed by atoms with Crippen LogP contribution < -0.4 is 4.57 Å². The molecule has 0 radical (unpaired) electrons. The molecule has 0 aliphatic carbocycles. The molecule has 0 saturated carbocycles. The van der Waals surface area contributed by atoms with E-state index in [9.17, 15) is 0 Å². The van der Waals surface area contributed by atoms with E-state index in [1.54, 1.807) is 0 Å². The van der Waals surface area contributed by atoms with Gasteiger partial charge < -0.3 is 0 Å². The van der Waals surface area contributed by atoms with Crippen molar-refractivity contribution in [1.29, 1.82) is 0 Å². The van der Waals surface area contributed by atoms with E-state index in [0.29, 0.717) is 0 Å². The van der Waals surface area contributed by atoms with Gasteiger partial charge in [-0.25, -0.2) is 0 Å². The Labute approximate surface area is 100 Å². The van der Waals surface area contributed by atoms with Crippen molar-refractivity contribution < 1.29 is 4.57 Å². The molecule has 0 unspecified atom stereocenters. The highest BCUT2D eigenvalue weighted by atomic mass is 32.1. The molecule has 2 rings (SSSR count). The molecule has 0 aliphatic rings. The molecule has 0 spiro atoms. The summed E-state index contributed by atoms with van der Waals surface area (Å²) in [4.78, 5) is 0. The minimum Gasteiger partial charge on any atom is -0.186 e. The highest BCUT2D eigenvalue weighted by molar-refractivity contribution is 7.80. The van der Waals surface area contributed by atoms with Crippen molar-refractivity contribution in [3.63, 3.8) is 0 Å². The number of hydrogen-bond donors (Lipinski definition) is 1. The fraction of sp³-hybridized carbons (Fsp3) is 0.417. The largest absolute Gasteiger partial charge is 0.235 e. The van der Waals surface area contributed by atoms with Crippen LogP contribution in [0.2, 0.25) is 0 Å². The Bertz CT molecular complexity index is 448. The molecule has 0 bridgehead atoms. The number of rotatable bonds is 4. The zero-order valence-corrected chi connectivity index (χ0v) is 10.7. The number of nitrogens with zero attached hydrogens (tertiary/aromatic N) is 1. The van der Waals surface area contributed by atoms with Gasteiger partial charge in [0.05, 0.1) is 0 Å². The average Bonchev–Trinajstić information content (AvgIpc) is 2.56. The number of aromatic nitrogens is 1. The van der Waals surface area contributed by atoms with Gasteiger partial charge in [0, 0.05) is 19.4 Å². The first-order chi connectivity index (χ1) is 7.33. The monoisotopic (exact) mass is 238 g/mol. The van der Waals surface area contributed by atoms with Crippen molar-refractivity contribution in [2.45, 2.75) is 26.3 Å². The Kier molecular flexibility index (Phi) is 3.65. The van der Waals surface area contributed by atoms with Crippen molar-refractivity contribution in [2.24, 2.45) is 0 Å². The van der Waals surface area contributed by atoms with Crippen LogP contribution in [0.5, 0.6) is 0 Å². The van der Waals surface area contributed by atoms with Crippen molar-refractivity contribution in [3.05, 3.63) is 29.3 Å². The lowest BCUT2D eigenvalue weighted by Crippen LogP contribution is -2.34. The quantitative estimate of drug-likeness (QED) is 0.474. The Morgan fingerprint density at radius 2 is 2.07 bits per heavy atom. The van der Waals surface area contributed by atoms with Gasteiger partial charge in [-0.3, -0.25) is 0 Å². The standard InChI is InChI=1S/C12H15NS2/c1-10-13(8-4-5-9-14)11-6-2-3-7-12(11)15-10/h2-3,6-7H,4-5,8-9H2,1H3/p+1. The van der Waals surface area contributed by atoms with Crippen molar-refractivity contribution in [3.8, 4) is 0 Å². The average molecular weight is 238 g/mol. The number of aryl methyl sites for hydroxylation is 2. The summed E-state index contributed by atoms with van der Waals surface area (Å²) < 4.78 is 3.81. The zero-order chi connectivity index (χ0) is 10.7. The maximum atomic E-state index is 4.24. The first-order valence-electron chi connectivity index (χ1n) is 5.32. The van der Waals surface area contributed by atoms with E-state index in [1.165, 1.54) is 28.1 Å². The van der Waals surface area contributed by atoms with Crippen LogP contribution in [0.15, 0.2) is 24.3 Å². The number of fused-ring (bicyclic) bond motifs is 1. The van der Waals surface area contributed by atoms with Crippen LogP contribution >= 0.6 is 24.0 Å². The van der Waals surface area contributed by atoms with Gasteiger partial charge in [0.15, 0.2) is 0 Å². The van der Waals surface area contributed by atoms with E-state index in [0.717, 1.165) is 12.3 Å². The summed E-state index contributed by atoms with van der Waals surface area (Å²) >= 11 is 6.13. The Hall–Kier alpha value is -0.540. The van der Waals surface area contributed by atoms with Crippen LogP contribution in [0.25, 0.3) is 10.2 Å². The number of benzene rings is 1. The molecular weight excluding hydrogens is 222 g/mol. The molecule has 0 fully saturated rings. The van der Waals surface area contributed by atoms with Crippen LogP contribution in [0.3, 0.4) is 0 Å². The van der Waals surface area contributed by atoms with Gasteiger partial charge in [-0.2, -0.15) is 17.2 Å². The topological polar surface area (TPSA) is 3.88 Å². The molecule has 2 aromatic rings. The second-order valence-electron chi connectivity index (χ2n) is 3.67. The minimum absolute atomic E-state index is 0.988. The van der Waals surface area contributed by atoms with Crippen molar-refractivity contribution in [1.82, 2.24) is 0 Å². The van der Waals surface area contributed by atoms with Crippen molar-refractivity contribution >= 4 is 34.2 Å². The second kappa shape index (κ2) is 4.99. The maximum absolute atomic E-state index is 4.24. The van der Waals surface area contributed by atoms with E-state index >= 15 is 0 Å². The summed E-state index contributed by atoms with van der Waals surface area (Å²) in [7, 11) is 0. The molecule has 1 aromatic carbocycles. The van der Waals surface area contributed by atoms with Crippen LogP contribution in [0.4, 0.5) is 0 Å². The molecule has 0 amide bonds. The Morgan fingerprint density at radius 1 is 1.27 bits per heavy atom. The molecule has 15 heavy (non-hydrogen) atoms. The third-order valence-corrected chi connectivity index (χ3v) is 3.98. The fourth-order valence-corrected chi connectivity index (χ4v) is 3.08. The normalized spacial score (nSPS) is 11.1. The third-order valence-electron chi connectivity index (χ3n) is 2.58. The van der Waals surface area contributed by atoms with Crippen LogP contribution in [-0.2, 0) is 6.54 Å². The summed E-state index contributed by atoms with van der Waals surface area (Å²) in [6.45, 7) is 3.32. The van der Waals surface area contributed by atoms with E-state index < -0.39 is 0 Å². The van der Waals surface area contributed by atoms with Gasteiger partial charge in [-0.05, 0) is 18.2 Å². The smallest absolute Gasteiger partial charge is 0.186 e. The highest BCUT2D eigenvalue weighted by Crippen LogP contribution is 2.19. The van der Waals surface area contributed by atoms with Gasteiger partial charge in [-0.1, -0.05) is 23.5 Å². The summed E-state index contributed by atoms with van der Waals surface area (Å²) in [5.74, 6) is 0.988.